The summed E-state index contributed by atoms with van der Waals surface area (Å²) in [7, 11) is 2.10. The Morgan fingerprint density at radius 1 is 1.56 bits per heavy atom. The molecule has 1 saturated carbocycles. The first-order valence-corrected chi connectivity index (χ1v) is 6.58. The second kappa shape index (κ2) is 4.72. The zero-order valence-electron chi connectivity index (χ0n) is 9.24. The van der Waals surface area contributed by atoms with Crippen LogP contribution in [-0.2, 0) is 0 Å². The van der Waals surface area contributed by atoms with Gasteiger partial charge in [0.2, 0.25) is 0 Å². The normalized spacial score (nSPS) is 14.9. The van der Waals surface area contributed by atoms with Crippen LogP contribution in [0, 0.1) is 5.92 Å². The van der Waals surface area contributed by atoms with E-state index in [9.17, 15) is 0 Å². The van der Waals surface area contributed by atoms with Crippen molar-refractivity contribution in [1.82, 2.24) is 0 Å². The van der Waals surface area contributed by atoms with Crippen molar-refractivity contribution in [3.8, 4) is 0 Å². The molecule has 0 unspecified atom stereocenters. The van der Waals surface area contributed by atoms with Crippen LogP contribution in [0.3, 0.4) is 0 Å². The summed E-state index contributed by atoms with van der Waals surface area (Å²) < 4.78 is 1.06. The summed E-state index contributed by atoms with van der Waals surface area (Å²) in [5, 5.41) is 0. The van der Waals surface area contributed by atoms with Gasteiger partial charge in [0.05, 0.1) is 0 Å². The van der Waals surface area contributed by atoms with Gasteiger partial charge in [-0.25, -0.2) is 0 Å². The average Bonchev–Trinajstić information content (AvgIpc) is 3.01. The van der Waals surface area contributed by atoms with E-state index in [-0.39, 0.29) is 0 Å². The quantitative estimate of drug-likeness (QED) is 0.867. The van der Waals surface area contributed by atoms with Gasteiger partial charge in [-0.15, -0.1) is 0 Å². The lowest BCUT2D eigenvalue weighted by molar-refractivity contribution is 0.787. The zero-order chi connectivity index (χ0) is 11.7. The van der Waals surface area contributed by atoms with Crippen LogP contribution in [0.5, 0.6) is 0 Å². The minimum Gasteiger partial charge on any atom is -0.389 e. The Labute approximate surface area is 110 Å². The molecule has 0 spiro atoms. The van der Waals surface area contributed by atoms with Crippen molar-refractivity contribution in [2.45, 2.75) is 12.8 Å². The average molecular weight is 299 g/mol. The number of rotatable bonds is 4. The van der Waals surface area contributed by atoms with E-state index >= 15 is 0 Å². The predicted octanol–water partition coefficient (Wildman–Crippen LogP) is 2.93. The van der Waals surface area contributed by atoms with E-state index in [1.807, 2.05) is 12.1 Å². The van der Waals surface area contributed by atoms with Crippen molar-refractivity contribution in [2.24, 2.45) is 11.7 Å². The van der Waals surface area contributed by atoms with Crippen LogP contribution in [0.2, 0.25) is 0 Å². The predicted molar refractivity (Wildman–Crippen MR) is 76.0 cm³/mol. The highest BCUT2D eigenvalue weighted by atomic mass is 79.9. The minimum absolute atomic E-state index is 0.463. The number of benzene rings is 1. The third-order valence-electron chi connectivity index (χ3n) is 2.87. The summed E-state index contributed by atoms with van der Waals surface area (Å²) in [4.78, 5) is 2.71. The smallest absolute Gasteiger partial charge is 0.106 e. The molecule has 0 bridgehead atoms. The highest BCUT2D eigenvalue weighted by Crippen LogP contribution is 2.32. The second-order valence-electron chi connectivity index (χ2n) is 4.35. The minimum atomic E-state index is 0.463. The van der Waals surface area contributed by atoms with Gasteiger partial charge in [0.15, 0.2) is 0 Å². The number of hydrogen-bond acceptors (Lipinski definition) is 2. The summed E-state index contributed by atoms with van der Waals surface area (Å²) in [6.07, 6.45) is 2.70. The van der Waals surface area contributed by atoms with Crippen molar-refractivity contribution >= 4 is 38.8 Å². The number of thiocarbonyl (C=S) groups is 1. The fraction of sp³-hybridized carbons (Fsp3) is 0.417. The first-order valence-electron chi connectivity index (χ1n) is 5.38. The van der Waals surface area contributed by atoms with Crippen molar-refractivity contribution in [3.05, 3.63) is 28.2 Å². The lowest BCUT2D eigenvalue weighted by atomic mass is 10.1. The van der Waals surface area contributed by atoms with Gasteiger partial charge >= 0.3 is 0 Å². The van der Waals surface area contributed by atoms with Gasteiger partial charge in [-0.3, -0.25) is 0 Å². The molecular formula is C12H15BrN2S. The topological polar surface area (TPSA) is 29.3 Å². The van der Waals surface area contributed by atoms with Crippen LogP contribution in [0.15, 0.2) is 22.7 Å². The number of halogens is 1. The lowest BCUT2D eigenvalue weighted by Crippen LogP contribution is -2.24. The molecule has 1 aromatic carbocycles. The van der Waals surface area contributed by atoms with E-state index in [0.29, 0.717) is 4.99 Å². The second-order valence-corrected chi connectivity index (χ2v) is 5.71. The van der Waals surface area contributed by atoms with Crippen LogP contribution in [0.1, 0.15) is 18.4 Å². The van der Waals surface area contributed by atoms with Gasteiger partial charge < -0.3 is 10.6 Å². The Bertz CT molecular complexity index is 415. The molecule has 2 N–H and O–H groups in total. The molecule has 0 atom stereocenters. The number of nitrogens with zero attached hydrogens (tertiary/aromatic N) is 1. The van der Waals surface area contributed by atoms with Crippen LogP contribution < -0.4 is 10.6 Å². The van der Waals surface area contributed by atoms with E-state index in [4.69, 9.17) is 18.0 Å². The largest absolute Gasteiger partial charge is 0.389 e. The summed E-state index contributed by atoms with van der Waals surface area (Å²) >= 11 is 8.56. The van der Waals surface area contributed by atoms with Crippen LogP contribution >= 0.6 is 28.1 Å². The van der Waals surface area contributed by atoms with Crippen LogP contribution in [0.4, 0.5) is 5.69 Å². The molecular weight excluding hydrogens is 284 g/mol. The van der Waals surface area contributed by atoms with Crippen LogP contribution in [0.25, 0.3) is 0 Å². The summed E-state index contributed by atoms with van der Waals surface area (Å²) in [6, 6.07) is 6.03. The third-order valence-corrected chi connectivity index (χ3v) is 3.58. The fourth-order valence-corrected chi connectivity index (χ4v) is 2.34. The maximum atomic E-state index is 5.74. The van der Waals surface area contributed by atoms with Gasteiger partial charge in [-0.2, -0.15) is 0 Å². The molecule has 0 saturated heterocycles. The van der Waals surface area contributed by atoms with E-state index in [1.165, 1.54) is 12.8 Å². The van der Waals surface area contributed by atoms with Gasteiger partial charge in [0.25, 0.3) is 0 Å². The maximum Gasteiger partial charge on any atom is 0.106 e. The van der Waals surface area contributed by atoms with Crippen molar-refractivity contribution in [3.63, 3.8) is 0 Å². The highest BCUT2D eigenvalue weighted by Gasteiger charge is 2.24. The highest BCUT2D eigenvalue weighted by molar-refractivity contribution is 9.10. The van der Waals surface area contributed by atoms with Crippen molar-refractivity contribution in [1.29, 1.82) is 0 Å². The molecule has 0 radical (unpaired) electrons. The summed E-state index contributed by atoms with van der Waals surface area (Å²) in [5.41, 5.74) is 7.82. The Morgan fingerprint density at radius 3 is 2.81 bits per heavy atom. The molecule has 86 valence electrons. The number of hydrogen-bond donors (Lipinski definition) is 1. The standard InChI is InChI=1S/C12H15BrN2S/c1-15(7-8-2-3-8)11-6-9(13)4-5-10(11)12(14)16/h4-6,8H,2-3,7H2,1H3,(H2,14,16). The Balaban J connectivity index is 2.27. The van der Waals surface area contributed by atoms with Gasteiger partial charge in [-0.1, -0.05) is 28.1 Å². The third kappa shape index (κ3) is 2.74. The molecule has 0 heterocycles. The van der Waals surface area contributed by atoms with E-state index < -0.39 is 0 Å². The molecule has 2 rings (SSSR count). The number of nitrogens with two attached hydrogens (primary N) is 1. The van der Waals surface area contributed by atoms with Gasteiger partial charge in [-0.05, 0) is 37.0 Å². The van der Waals surface area contributed by atoms with Gasteiger partial charge in [0, 0.05) is 29.3 Å². The van der Waals surface area contributed by atoms with Crippen molar-refractivity contribution < 1.29 is 0 Å². The van der Waals surface area contributed by atoms with E-state index in [2.05, 4.69) is 33.9 Å². The monoisotopic (exact) mass is 298 g/mol. The maximum absolute atomic E-state index is 5.74. The van der Waals surface area contributed by atoms with Gasteiger partial charge in [0.1, 0.15) is 4.99 Å². The molecule has 4 heteroatoms. The Morgan fingerprint density at radius 2 is 2.25 bits per heavy atom. The van der Waals surface area contributed by atoms with E-state index in [0.717, 1.165) is 28.2 Å². The number of anilines is 1. The molecule has 0 amide bonds. The molecule has 16 heavy (non-hydrogen) atoms. The van der Waals surface area contributed by atoms with Crippen LogP contribution in [-0.4, -0.2) is 18.6 Å². The summed E-state index contributed by atoms with van der Waals surface area (Å²) in [5.74, 6) is 0.850. The summed E-state index contributed by atoms with van der Waals surface area (Å²) in [6.45, 7) is 1.09. The molecule has 1 aromatic rings. The lowest BCUT2D eigenvalue weighted by Gasteiger charge is -2.22. The SMILES string of the molecule is CN(CC1CC1)c1cc(Br)ccc1C(N)=S. The Kier molecular flexibility index (Phi) is 3.50. The van der Waals surface area contributed by atoms with Crippen molar-refractivity contribution in [2.75, 3.05) is 18.5 Å². The molecule has 2 nitrogen and oxygen atoms in total. The Hall–Kier alpha value is -0.610. The van der Waals surface area contributed by atoms with E-state index in [1.54, 1.807) is 0 Å². The molecule has 1 fully saturated rings. The molecule has 1 aliphatic rings. The molecule has 1 aliphatic carbocycles. The first kappa shape index (κ1) is 11.9. The molecule has 0 aliphatic heterocycles. The fourth-order valence-electron chi connectivity index (χ4n) is 1.82. The first-order chi connectivity index (χ1) is 7.58. The zero-order valence-corrected chi connectivity index (χ0v) is 11.6. The molecule has 0 aromatic heterocycles.